The van der Waals surface area contributed by atoms with Crippen LogP contribution in [0.3, 0.4) is 0 Å². The van der Waals surface area contributed by atoms with E-state index in [1.807, 2.05) is 19.9 Å². The molecule has 1 unspecified atom stereocenters. The second-order valence-electron chi connectivity index (χ2n) is 7.41. The maximum atomic E-state index is 12.9. The van der Waals surface area contributed by atoms with E-state index in [0.717, 1.165) is 16.0 Å². The lowest BCUT2D eigenvalue weighted by molar-refractivity contribution is -0.250. The Bertz CT molecular complexity index is 731. The lowest BCUT2D eigenvalue weighted by Crippen LogP contribution is -2.60. The molecule has 0 spiro atoms. The zero-order chi connectivity index (χ0) is 20.6. The zero-order valence-electron chi connectivity index (χ0n) is 15.9. The van der Waals surface area contributed by atoms with E-state index < -0.39 is 17.7 Å². The molecule has 27 heavy (non-hydrogen) atoms. The highest BCUT2D eigenvalue weighted by Gasteiger charge is 2.57. The Hall–Kier alpha value is -2.09. The normalized spacial score (nSPS) is 22.9. The summed E-state index contributed by atoms with van der Waals surface area (Å²) < 4.78 is 38.7. The first kappa shape index (κ1) is 21.2. The van der Waals surface area contributed by atoms with Gasteiger partial charge >= 0.3 is 6.18 Å². The summed E-state index contributed by atoms with van der Waals surface area (Å²) in [7, 11) is 0. The number of aryl methyl sites for hydroxylation is 1. The molecule has 1 heterocycles. The molecule has 2 rings (SSSR count). The van der Waals surface area contributed by atoms with Crippen LogP contribution < -0.4 is 5.32 Å². The zero-order valence-corrected chi connectivity index (χ0v) is 15.9. The Morgan fingerprint density at radius 3 is 2.44 bits per heavy atom. The van der Waals surface area contributed by atoms with Crippen LogP contribution in [0.25, 0.3) is 0 Å². The molecule has 150 valence electrons. The van der Waals surface area contributed by atoms with E-state index in [2.05, 4.69) is 5.32 Å². The van der Waals surface area contributed by atoms with Crippen molar-refractivity contribution in [1.82, 2.24) is 10.2 Å². The number of amides is 2. The highest BCUT2D eigenvalue weighted by molar-refractivity contribution is 5.96. The van der Waals surface area contributed by atoms with E-state index in [1.165, 1.54) is 0 Å². The number of alkyl halides is 3. The standard InChI is InChI=1S/C19H25F3N2O3/c1-11-6-5-7-14(13(11)3)16(25)23-15-8-9-24(10-12(15)2)17(26)18(4,27)19(20,21)22/h5-7,12,15,27H,8-10H2,1-4H3,(H,23,25)/t12-,15+,18?/m0/s1. The minimum absolute atomic E-state index is 0.0306. The second-order valence-corrected chi connectivity index (χ2v) is 7.41. The predicted molar refractivity (Wildman–Crippen MR) is 94.2 cm³/mol. The topological polar surface area (TPSA) is 69.6 Å². The van der Waals surface area contributed by atoms with Crippen molar-refractivity contribution in [3.05, 3.63) is 34.9 Å². The molecule has 1 saturated heterocycles. The number of benzene rings is 1. The molecule has 2 N–H and O–H groups in total. The summed E-state index contributed by atoms with van der Waals surface area (Å²) in [6.45, 7) is 6.06. The monoisotopic (exact) mass is 386 g/mol. The minimum atomic E-state index is -5.04. The Labute approximate surface area is 156 Å². The van der Waals surface area contributed by atoms with Crippen LogP contribution in [0.15, 0.2) is 18.2 Å². The molecule has 2 amide bonds. The third-order valence-electron chi connectivity index (χ3n) is 5.33. The van der Waals surface area contributed by atoms with Crippen molar-refractivity contribution in [2.24, 2.45) is 5.92 Å². The van der Waals surface area contributed by atoms with Crippen molar-refractivity contribution in [2.75, 3.05) is 13.1 Å². The van der Waals surface area contributed by atoms with Crippen molar-refractivity contribution in [2.45, 2.75) is 51.9 Å². The fraction of sp³-hybridized carbons (Fsp3) is 0.579. The van der Waals surface area contributed by atoms with Gasteiger partial charge in [-0.3, -0.25) is 9.59 Å². The van der Waals surface area contributed by atoms with Crippen LogP contribution in [-0.2, 0) is 4.79 Å². The summed E-state index contributed by atoms with van der Waals surface area (Å²) in [6.07, 6.45) is -4.72. The van der Waals surface area contributed by atoms with Crippen LogP contribution in [-0.4, -0.2) is 52.7 Å². The molecular formula is C19H25F3N2O3. The van der Waals surface area contributed by atoms with Crippen LogP contribution in [0.5, 0.6) is 0 Å². The highest BCUT2D eigenvalue weighted by Crippen LogP contribution is 2.33. The van der Waals surface area contributed by atoms with Crippen LogP contribution in [0, 0.1) is 19.8 Å². The summed E-state index contributed by atoms with van der Waals surface area (Å²) in [5.41, 5.74) is -0.996. The van der Waals surface area contributed by atoms with Crippen molar-refractivity contribution in [3.8, 4) is 0 Å². The lowest BCUT2D eigenvalue weighted by Gasteiger charge is -2.40. The molecule has 1 aromatic carbocycles. The third kappa shape index (κ3) is 4.26. The Morgan fingerprint density at radius 1 is 1.26 bits per heavy atom. The average Bonchev–Trinajstić information content (AvgIpc) is 2.57. The third-order valence-corrected chi connectivity index (χ3v) is 5.33. The fourth-order valence-corrected chi connectivity index (χ4v) is 3.22. The van der Waals surface area contributed by atoms with Crippen molar-refractivity contribution < 1.29 is 27.9 Å². The molecule has 1 fully saturated rings. The van der Waals surface area contributed by atoms with E-state index in [-0.39, 0.29) is 31.0 Å². The number of nitrogens with zero attached hydrogens (tertiary/aromatic N) is 1. The first-order chi connectivity index (χ1) is 12.4. The highest BCUT2D eigenvalue weighted by atomic mass is 19.4. The van der Waals surface area contributed by atoms with Gasteiger partial charge in [-0.25, -0.2) is 0 Å². The number of rotatable bonds is 3. The van der Waals surface area contributed by atoms with Crippen molar-refractivity contribution in [1.29, 1.82) is 0 Å². The molecule has 3 atom stereocenters. The summed E-state index contributed by atoms with van der Waals surface area (Å²) in [6, 6.07) is 5.16. The Kier molecular flexibility index (Phi) is 5.89. The summed E-state index contributed by atoms with van der Waals surface area (Å²) in [5, 5.41) is 12.5. The van der Waals surface area contributed by atoms with Gasteiger partial charge in [0.1, 0.15) is 0 Å². The van der Waals surface area contributed by atoms with Gasteiger partial charge in [0.25, 0.3) is 11.8 Å². The second kappa shape index (κ2) is 7.50. The molecule has 1 aliphatic rings. The molecule has 0 aliphatic carbocycles. The molecule has 0 bridgehead atoms. The van der Waals surface area contributed by atoms with Gasteiger partial charge in [-0.05, 0) is 50.3 Å². The van der Waals surface area contributed by atoms with Gasteiger partial charge in [0.15, 0.2) is 0 Å². The first-order valence-electron chi connectivity index (χ1n) is 8.81. The Balaban J connectivity index is 2.04. The first-order valence-corrected chi connectivity index (χ1v) is 8.81. The number of nitrogens with one attached hydrogen (secondary N) is 1. The maximum Gasteiger partial charge on any atom is 0.426 e. The SMILES string of the molecule is Cc1cccc(C(=O)N[C@@H]2CCN(C(=O)C(C)(O)C(F)(F)F)C[C@@H]2C)c1C. The summed E-state index contributed by atoms with van der Waals surface area (Å²) in [5.74, 6) is -1.85. The molecule has 0 saturated carbocycles. The number of aliphatic hydroxyl groups is 1. The van der Waals surface area contributed by atoms with Gasteiger partial charge in [-0.2, -0.15) is 13.2 Å². The maximum absolute atomic E-state index is 12.9. The fourth-order valence-electron chi connectivity index (χ4n) is 3.22. The van der Waals surface area contributed by atoms with E-state index in [9.17, 15) is 27.9 Å². The summed E-state index contributed by atoms with van der Waals surface area (Å²) >= 11 is 0. The Morgan fingerprint density at radius 2 is 1.89 bits per heavy atom. The van der Waals surface area contributed by atoms with Gasteiger partial charge in [0.05, 0.1) is 0 Å². The largest absolute Gasteiger partial charge is 0.426 e. The number of hydrogen-bond acceptors (Lipinski definition) is 3. The molecule has 5 nitrogen and oxygen atoms in total. The van der Waals surface area contributed by atoms with Gasteiger partial charge < -0.3 is 15.3 Å². The number of carbonyl (C=O) groups is 2. The lowest BCUT2D eigenvalue weighted by atomic mass is 9.91. The molecule has 1 aliphatic heterocycles. The molecule has 1 aromatic rings. The number of carbonyl (C=O) groups excluding carboxylic acids is 2. The van der Waals surface area contributed by atoms with Crippen LogP contribution in [0.1, 0.15) is 41.8 Å². The van der Waals surface area contributed by atoms with E-state index in [0.29, 0.717) is 18.9 Å². The van der Waals surface area contributed by atoms with Gasteiger partial charge in [-0.1, -0.05) is 19.1 Å². The summed E-state index contributed by atoms with van der Waals surface area (Å²) in [4.78, 5) is 25.7. The van der Waals surface area contributed by atoms with Crippen molar-refractivity contribution >= 4 is 11.8 Å². The van der Waals surface area contributed by atoms with Crippen LogP contribution in [0.4, 0.5) is 13.2 Å². The quantitative estimate of drug-likeness (QED) is 0.839. The molecular weight excluding hydrogens is 361 g/mol. The van der Waals surface area contributed by atoms with E-state index in [1.54, 1.807) is 19.1 Å². The van der Waals surface area contributed by atoms with Crippen LogP contribution in [0.2, 0.25) is 0 Å². The van der Waals surface area contributed by atoms with Gasteiger partial charge in [0.2, 0.25) is 5.60 Å². The van der Waals surface area contributed by atoms with Gasteiger partial charge in [-0.15, -0.1) is 0 Å². The van der Waals surface area contributed by atoms with Crippen molar-refractivity contribution in [3.63, 3.8) is 0 Å². The van der Waals surface area contributed by atoms with E-state index >= 15 is 0 Å². The molecule has 8 heteroatoms. The number of piperidine rings is 1. The number of likely N-dealkylation sites (tertiary alicyclic amines) is 1. The molecule has 0 aromatic heterocycles. The molecule has 0 radical (unpaired) electrons. The van der Waals surface area contributed by atoms with Crippen LogP contribution >= 0.6 is 0 Å². The number of halogens is 3. The average molecular weight is 386 g/mol. The number of hydrogen-bond donors (Lipinski definition) is 2. The smallest absolute Gasteiger partial charge is 0.373 e. The van der Waals surface area contributed by atoms with E-state index in [4.69, 9.17) is 0 Å². The van der Waals surface area contributed by atoms with Gasteiger partial charge in [0, 0.05) is 24.7 Å². The minimum Gasteiger partial charge on any atom is -0.373 e. The predicted octanol–water partition coefficient (Wildman–Crippen LogP) is 2.58.